The van der Waals surface area contributed by atoms with Gasteiger partial charge in [0.25, 0.3) is 0 Å². The molecule has 0 spiro atoms. The van der Waals surface area contributed by atoms with E-state index in [1.54, 1.807) is 0 Å². The fraction of sp³-hybridized carbons (Fsp3) is 0.793. The van der Waals surface area contributed by atoms with E-state index in [2.05, 4.69) is 18.8 Å². The van der Waals surface area contributed by atoms with E-state index >= 15 is 0 Å². The van der Waals surface area contributed by atoms with Crippen LogP contribution in [0.2, 0.25) is 0 Å². The van der Waals surface area contributed by atoms with Gasteiger partial charge < -0.3 is 25.1 Å². The summed E-state index contributed by atoms with van der Waals surface area (Å²) < 4.78 is 18.0. The second-order valence-corrected chi connectivity index (χ2v) is 10.5. The summed E-state index contributed by atoms with van der Waals surface area (Å²) in [5.41, 5.74) is 4.87. The Hall–Kier alpha value is -2.46. The highest BCUT2D eigenvalue weighted by atomic mass is 16.6. The molecule has 39 heavy (non-hydrogen) atoms. The van der Waals surface area contributed by atoms with Crippen molar-refractivity contribution in [2.24, 2.45) is 0 Å². The molecule has 1 fully saturated rings. The molecule has 1 aromatic heterocycles. The van der Waals surface area contributed by atoms with Gasteiger partial charge in [0.15, 0.2) is 12.3 Å². The molecule has 10 heteroatoms. The van der Waals surface area contributed by atoms with Gasteiger partial charge in [0.05, 0.1) is 0 Å². The number of unbranched alkanes of at least 4 members (excludes halogenated alkanes) is 12. The molecule has 0 aliphatic carbocycles. The lowest BCUT2D eigenvalue weighted by atomic mass is 10.1. The topological polar surface area (TPSA) is 143 Å². The number of nitrogens with zero attached hydrogens (tertiary/aromatic N) is 2. The van der Waals surface area contributed by atoms with E-state index in [4.69, 9.17) is 19.9 Å². The minimum atomic E-state index is -1.35. The predicted molar refractivity (Wildman–Crippen MR) is 149 cm³/mol. The van der Waals surface area contributed by atoms with Crippen LogP contribution in [-0.2, 0) is 23.8 Å². The van der Waals surface area contributed by atoms with Crippen molar-refractivity contribution in [1.82, 2.24) is 9.55 Å². The van der Waals surface area contributed by atoms with E-state index in [1.807, 2.05) is 0 Å². The standard InChI is InChI=1S/C29H49N3O7/c1-3-5-7-9-11-13-15-17-24(33)37-21-22-27(39-25(34)18-16-14-12-10-8-6-4-2)26(35)28(38-22)32-20-19-23(30)31-29(32)36/h19-20,22,26-28,35H,3-18,21H2,1-2H3,(H2,30,31,36)/t22-,26+,27-,28-/m1/s1. The number of aliphatic hydroxyl groups is 1. The highest BCUT2D eigenvalue weighted by Gasteiger charge is 2.48. The van der Waals surface area contributed by atoms with Crippen LogP contribution < -0.4 is 11.4 Å². The molecule has 1 aliphatic heterocycles. The smallest absolute Gasteiger partial charge is 0.351 e. The second-order valence-electron chi connectivity index (χ2n) is 10.5. The summed E-state index contributed by atoms with van der Waals surface area (Å²) in [4.78, 5) is 41.0. The molecule has 0 amide bonds. The Labute approximate surface area is 232 Å². The largest absolute Gasteiger partial charge is 0.463 e. The normalized spacial score (nSPS) is 20.7. The number of nitrogens with two attached hydrogens (primary N) is 1. The van der Waals surface area contributed by atoms with Gasteiger partial charge in [-0.3, -0.25) is 14.2 Å². The molecular formula is C29H49N3O7. The molecule has 0 aromatic carbocycles. The van der Waals surface area contributed by atoms with Crippen molar-refractivity contribution in [3.05, 3.63) is 22.7 Å². The number of hydrogen-bond acceptors (Lipinski definition) is 9. The first-order valence-corrected chi connectivity index (χ1v) is 14.9. The summed E-state index contributed by atoms with van der Waals surface area (Å²) >= 11 is 0. The van der Waals surface area contributed by atoms with Gasteiger partial charge >= 0.3 is 17.6 Å². The van der Waals surface area contributed by atoms with Crippen molar-refractivity contribution in [1.29, 1.82) is 0 Å². The van der Waals surface area contributed by atoms with Crippen LogP contribution in [-0.4, -0.2) is 51.5 Å². The molecule has 4 atom stereocenters. The van der Waals surface area contributed by atoms with Gasteiger partial charge in [-0.2, -0.15) is 4.98 Å². The molecule has 0 radical (unpaired) electrons. The van der Waals surface area contributed by atoms with Crippen molar-refractivity contribution in [3.63, 3.8) is 0 Å². The summed E-state index contributed by atoms with van der Waals surface area (Å²) in [5.74, 6) is -0.791. The zero-order valence-corrected chi connectivity index (χ0v) is 23.9. The minimum Gasteiger partial charge on any atom is -0.463 e. The van der Waals surface area contributed by atoms with E-state index in [0.29, 0.717) is 6.42 Å². The Bertz CT molecular complexity index is 907. The van der Waals surface area contributed by atoms with Gasteiger partial charge in [0.2, 0.25) is 0 Å². The summed E-state index contributed by atoms with van der Waals surface area (Å²) in [5, 5.41) is 11.0. The molecule has 2 heterocycles. The van der Waals surface area contributed by atoms with Crippen LogP contribution in [0.15, 0.2) is 17.1 Å². The zero-order chi connectivity index (χ0) is 28.5. The number of hydrogen-bond donors (Lipinski definition) is 2. The molecule has 0 unspecified atom stereocenters. The third-order valence-electron chi connectivity index (χ3n) is 7.08. The SMILES string of the molecule is CCCCCCCCCC(=O)OC[C@H]1O[C@@H](n2ccc(N)nc2=O)[C@@H](O)[C@@H]1OC(=O)CCCCCCCCC. The maximum absolute atomic E-state index is 12.6. The Morgan fingerprint density at radius 2 is 1.46 bits per heavy atom. The lowest BCUT2D eigenvalue weighted by Gasteiger charge is -2.21. The average Bonchev–Trinajstić information content (AvgIpc) is 3.21. The van der Waals surface area contributed by atoms with Gasteiger partial charge in [-0.25, -0.2) is 4.79 Å². The predicted octanol–water partition coefficient (Wildman–Crippen LogP) is 4.82. The summed E-state index contributed by atoms with van der Waals surface area (Å²) in [6.45, 7) is 4.15. The maximum atomic E-state index is 12.6. The third-order valence-corrected chi connectivity index (χ3v) is 7.08. The number of anilines is 1. The first-order chi connectivity index (χ1) is 18.9. The quantitative estimate of drug-likeness (QED) is 0.172. The number of aliphatic hydroxyl groups excluding tert-OH is 1. The van der Waals surface area contributed by atoms with Crippen LogP contribution in [0.4, 0.5) is 5.82 Å². The van der Waals surface area contributed by atoms with Crippen LogP contribution in [0.3, 0.4) is 0 Å². The van der Waals surface area contributed by atoms with Crippen molar-refractivity contribution >= 4 is 17.8 Å². The Morgan fingerprint density at radius 3 is 2.03 bits per heavy atom. The maximum Gasteiger partial charge on any atom is 0.351 e. The molecule has 1 aliphatic rings. The summed E-state index contributed by atoms with van der Waals surface area (Å²) in [6.07, 6.45) is 12.4. The van der Waals surface area contributed by atoms with Gasteiger partial charge in [-0.05, 0) is 18.9 Å². The van der Waals surface area contributed by atoms with Crippen LogP contribution in [0.1, 0.15) is 123 Å². The lowest BCUT2D eigenvalue weighted by Crippen LogP contribution is -2.39. The van der Waals surface area contributed by atoms with Gasteiger partial charge in [0, 0.05) is 19.0 Å². The van der Waals surface area contributed by atoms with Gasteiger partial charge in [-0.15, -0.1) is 0 Å². The van der Waals surface area contributed by atoms with E-state index < -0.39 is 36.2 Å². The molecule has 1 aromatic rings. The lowest BCUT2D eigenvalue weighted by molar-refractivity contribution is -0.160. The number of nitrogen functional groups attached to an aromatic ring is 1. The Kier molecular flexibility index (Phi) is 15.8. The monoisotopic (exact) mass is 551 g/mol. The third kappa shape index (κ3) is 12.1. The first kappa shape index (κ1) is 32.8. The van der Waals surface area contributed by atoms with Crippen LogP contribution in [0.25, 0.3) is 0 Å². The Morgan fingerprint density at radius 1 is 0.923 bits per heavy atom. The van der Waals surface area contributed by atoms with Gasteiger partial charge in [0.1, 0.15) is 24.6 Å². The van der Waals surface area contributed by atoms with Crippen molar-refractivity contribution in [3.8, 4) is 0 Å². The van der Waals surface area contributed by atoms with Crippen LogP contribution >= 0.6 is 0 Å². The number of esters is 2. The van der Waals surface area contributed by atoms with E-state index in [1.165, 1.54) is 57.2 Å². The zero-order valence-electron chi connectivity index (χ0n) is 23.9. The second kappa shape index (κ2) is 18.8. The van der Waals surface area contributed by atoms with Crippen molar-refractivity contribution in [2.75, 3.05) is 12.3 Å². The minimum absolute atomic E-state index is 0.0391. The number of carbonyl (C=O) groups excluding carboxylic acids is 2. The molecule has 0 saturated carbocycles. The summed E-state index contributed by atoms with van der Waals surface area (Å²) in [7, 11) is 0. The van der Waals surface area contributed by atoms with E-state index in [9.17, 15) is 19.5 Å². The Balaban J connectivity index is 1.90. The van der Waals surface area contributed by atoms with Gasteiger partial charge in [-0.1, -0.05) is 90.9 Å². The van der Waals surface area contributed by atoms with Crippen LogP contribution in [0, 0.1) is 0 Å². The number of rotatable bonds is 20. The fourth-order valence-corrected chi connectivity index (χ4v) is 4.76. The molecule has 1 saturated heterocycles. The first-order valence-electron chi connectivity index (χ1n) is 14.9. The highest BCUT2D eigenvalue weighted by molar-refractivity contribution is 5.70. The van der Waals surface area contributed by atoms with Crippen molar-refractivity contribution in [2.45, 2.75) is 141 Å². The molecule has 0 bridgehead atoms. The fourth-order valence-electron chi connectivity index (χ4n) is 4.76. The average molecular weight is 552 g/mol. The molecule has 2 rings (SSSR count). The molecule has 3 N–H and O–H groups in total. The molecule has 10 nitrogen and oxygen atoms in total. The number of aromatic nitrogens is 2. The van der Waals surface area contributed by atoms with Crippen LogP contribution in [0.5, 0.6) is 0 Å². The highest BCUT2D eigenvalue weighted by Crippen LogP contribution is 2.31. The molecular weight excluding hydrogens is 502 g/mol. The number of carbonyl (C=O) groups is 2. The van der Waals surface area contributed by atoms with E-state index in [-0.39, 0.29) is 31.2 Å². The number of ether oxygens (including phenoxy) is 3. The summed E-state index contributed by atoms with van der Waals surface area (Å²) in [6, 6.07) is 1.41. The molecule has 222 valence electrons. The van der Waals surface area contributed by atoms with Crippen molar-refractivity contribution < 1.29 is 28.9 Å². The van der Waals surface area contributed by atoms with E-state index in [0.717, 1.165) is 43.1 Å².